The molecular weight excluding hydrogens is 228 g/mol. The molecule has 0 aliphatic carbocycles. The fourth-order valence-electron chi connectivity index (χ4n) is 1.57. The highest BCUT2D eigenvalue weighted by Gasteiger charge is 2.10. The zero-order valence-electron chi connectivity index (χ0n) is 8.82. The Morgan fingerprint density at radius 1 is 1.50 bits per heavy atom. The molecule has 0 unspecified atom stereocenters. The van der Waals surface area contributed by atoms with Crippen LogP contribution < -0.4 is 11.2 Å². The van der Waals surface area contributed by atoms with Gasteiger partial charge in [0.1, 0.15) is 4.70 Å². The molecule has 0 radical (unpaired) electrons. The van der Waals surface area contributed by atoms with E-state index in [1.807, 2.05) is 13.0 Å². The van der Waals surface area contributed by atoms with Crippen molar-refractivity contribution in [1.29, 1.82) is 0 Å². The second kappa shape index (κ2) is 4.23. The quantitative estimate of drug-likeness (QED) is 0.810. The van der Waals surface area contributed by atoms with Crippen molar-refractivity contribution in [2.24, 2.45) is 0 Å². The Hall–Kier alpha value is -1.40. The van der Waals surface area contributed by atoms with Crippen LogP contribution in [0.1, 0.15) is 11.8 Å². The van der Waals surface area contributed by atoms with E-state index in [0.717, 1.165) is 15.9 Å². The Bertz CT molecular complexity index is 623. The minimum atomic E-state index is -0.466. The molecule has 2 heterocycles. The van der Waals surface area contributed by atoms with E-state index in [0.29, 0.717) is 10.2 Å². The molecule has 0 aliphatic heterocycles. The molecule has 0 bridgehead atoms. The van der Waals surface area contributed by atoms with Gasteiger partial charge in [0.2, 0.25) is 0 Å². The molecule has 0 saturated heterocycles. The summed E-state index contributed by atoms with van der Waals surface area (Å²) in [5.74, 6) is 0. The van der Waals surface area contributed by atoms with Gasteiger partial charge < -0.3 is 10.1 Å². The maximum Gasteiger partial charge on any atom is 0.328 e. The second-order valence-corrected chi connectivity index (χ2v) is 4.56. The Labute approximate surface area is 95.0 Å². The van der Waals surface area contributed by atoms with E-state index in [1.165, 1.54) is 11.3 Å². The van der Waals surface area contributed by atoms with Crippen LogP contribution in [0.5, 0.6) is 0 Å². The number of nitrogens with one attached hydrogen (secondary N) is 1. The van der Waals surface area contributed by atoms with Gasteiger partial charge in [0, 0.05) is 4.88 Å². The van der Waals surface area contributed by atoms with Gasteiger partial charge in [0.05, 0.1) is 18.7 Å². The number of aliphatic hydroxyl groups excluding tert-OH is 1. The van der Waals surface area contributed by atoms with E-state index in [2.05, 4.69) is 4.98 Å². The summed E-state index contributed by atoms with van der Waals surface area (Å²) in [4.78, 5) is 27.2. The average Bonchev–Trinajstić information content (AvgIpc) is 2.67. The molecule has 0 fully saturated rings. The third kappa shape index (κ3) is 1.70. The van der Waals surface area contributed by atoms with Gasteiger partial charge in [0.25, 0.3) is 5.56 Å². The van der Waals surface area contributed by atoms with Crippen LogP contribution >= 0.6 is 11.3 Å². The van der Waals surface area contributed by atoms with Gasteiger partial charge in [-0.3, -0.25) is 9.36 Å². The van der Waals surface area contributed by atoms with Crippen LogP contribution in [0.15, 0.2) is 15.7 Å². The fourth-order valence-corrected chi connectivity index (χ4v) is 2.57. The first-order valence-electron chi connectivity index (χ1n) is 5.03. The highest BCUT2D eigenvalue weighted by atomic mass is 32.1. The van der Waals surface area contributed by atoms with Gasteiger partial charge in [-0.25, -0.2) is 4.79 Å². The average molecular weight is 240 g/mol. The van der Waals surface area contributed by atoms with Crippen LogP contribution in [0.2, 0.25) is 0 Å². The predicted octanol–water partition coefficient (Wildman–Crippen LogP) is 0.306. The maximum atomic E-state index is 11.9. The third-order valence-corrected chi connectivity index (χ3v) is 3.65. The number of aromatic nitrogens is 2. The van der Waals surface area contributed by atoms with E-state index in [-0.39, 0.29) is 18.7 Å². The van der Waals surface area contributed by atoms with Crippen molar-refractivity contribution >= 4 is 21.6 Å². The summed E-state index contributed by atoms with van der Waals surface area (Å²) < 4.78 is 1.57. The van der Waals surface area contributed by atoms with Crippen LogP contribution in [-0.2, 0) is 13.0 Å². The minimum Gasteiger partial charge on any atom is -0.395 e. The standard InChI is InChI=1S/C10H12N2O3S/c1-2-6-5-7-8(16-6)9(14)12(3-4-13)10(15)11-7/h5,13H,2-4H2,1H3,(H,11,15). The first kappa shape index (κ1) is 11.1. The van der Waals surface area contributed by atoms with E-state index < -0.39 is 5.69 Å². The van der Waals surface area contributed by atoms with Gasteiger partial charge in [0.15, 0.2) is 0 Å². The maximum absolute atomic E-state index is 11.9. The predicted molar refractivity (Wildman–Crippen MR) is 63.2 cm³/mol. The highest BCUT2D eigenvalue weighted by molar-refractivity contribution is 7.18. The van der Waals surface area contributed by atoms with Crippen LogP contribution in [0.4, 0.5) is 0 Å². The molecule has 2 aromatic rings. The van der Waals surface area contributed by atoms with Crippen molar-refractivity contribution in [3.8, 4) is 0 Å². The number of hydrogen-bond acceptors (Lipinski definition) is 4. The fraction of sp³-hybridized carbons (Fsp3) is 0.400. The molecular formula is C10H12N2O3S. The number of rotatable bonds is 3. The van der Waals surface area contributed by atoms with Crippen LogP contribution in [0.25, 0.3) is 10.2 Å². The number of thiophene rings is 1. The molecule has 0 saturated carbocycles. The SMILES string of the molecule is CCc1cc2[nH]c(=O)n(CCO)c(=O)c2s1. The monoisotopic (exact) mass is 240 g/mol. The minimum absolute atomic E-state index is 0.0312. The summed E-state index contributed by atoms with van der Waals surface area (Å²) in [6.07, 6.45) is 0.834. The van der Waals surface area contributed by atoms with E-state index in [4.69, 9.17) is 5.11 Å². The van der Waals surface area contributed by atoms with E-state index >= 15 is 0 Å². The summed E-state index contributed by atoms with van der Waals surface area (Å²) in [6, 6.07) is 1.83. The number of aryl methyl sites for hydroxylation is 1. The lowest BCUT2D eigenvalue weighted by Crippen LogP contribution is -2.35. The zero-order valence-corrected chi connectivity index (χ0v) is 9.63. The normalized spacial score (nSPS) is 11.1. The molecule has 5 nitrogen and oxygen atoms in total. The lowest BCUT2D eigenvalue weighted by molar-refractivity contribution is 0.272. The molecule has 16 heavy (non-hydrogen) atoms. The summed E-state index contributed by atoms with van der Waals surface area (Å²) in [5, 5.41) is 8.78. The van der Waals surface area contributed by atoms with Crippen LogP contribution in [-0.4, -0.2) is 21.3 Å². The lowest BCUT2D eigenvalue weighted by Gasteiger charge is -2.00. The van der Waals surface area contributed by atoms with E-state index in [1.54, 1.807) is 0 Å². The number of fused-ring (bicyclic) bond motifs is 1. The van der Waals surface area contributed by atoms with Gasteiger partial charge in [-0.05, 0) is 12.5 Å². The summed E-state index contributed by atoms with van der Waals surface area (Å²) in [5.41, 5.74) is -0.199. The zero-order chi connectivity index (χ0) is 11.7. The molecule has 0 spiro atoms. The molecule has 0 aliphatic rings. The summed E-state index contributed by atoms with van der Waals surface area (Å²) in [7, 11) is 0. The van der Waals surface area contributed by atoms with Crippen molar-refractivity contribution in [1.82, 2.24) is 9.55 Å². The molecule has 0 amide bonds. The Morgan fingerprint density at radius 2 is 2.25 bits per heavy atom. The Balaban J connectivity index is 2.76. The third-order valence-electron chi connectivity index (χ3n) is 2.38. The molecule has 2 N–H and O–H groups in total. The number of H-pyrrole nitrogens is 1. The van der Waals surface area contributed by atoms with Crippen LogP contribution in [0.3, 0.4) is 0 Å². The summed E-state index contributed by atoms with van der Waals surface area (Å²) in [6.45, 7) is 1.80. The van der Waals surface area contributed by atoms with Crippen molar-refractivity contribution in [2.75, 3.05) is 6.61 Å². The molecule has 86 valence electrons. The Kier molecular flexibility index (Phi) is 2.93. The summed E-state index contributed by atoms with van der Waals surface area (Å²) >= 11 is 1.39. The lowest BCUT2D eigenvalue weighted by atomic mass is 10.3. The number of hydrogen-bond donors (Lipinski definition) is 2. The largest absolute Gasteiger partial charge is 0.395 e. The van der Waals surface area contributed by atoms with Gasteiger partial charge in [-0.2, -0.15) is 0 Å². The smallest absolute Gasteiger partial charge is 0.328 e. The highest BCUT2D eigenvalue weighted by Crippen LogP contribution is 2.20. The number of nitrogens with zero attached hydrogens (tertiary/aromatic N) is 1. The van der Waals surface area contributed by atoms with Crippen molar-refractivity contribution in [3.05, 3.63) is 31.8 Å². The molecule has 2 aromatic heterocycles. The van der Waals surface area contributed by atoms with E-state index in [9.17, 15) is 9.59 Å². The van der Waals surface area contributed by atoms with Crippen LogP contribution in [0, 0.1) is 0 Å². The number of aliphatic hydroxyl groups is 1. The molecule has 0 aromatic carbocycles. The van der Waals surface area contributed by atoms with Crippen molar-refractivity contribution in [3.63, 3.8) is 0 Å². The first-order chi connectivity index (χ1) is 7.67. The van der Waals surface area contributed by atoms with Gasteiger partial charge in [-0.1, -0.05) is 6.92 Å². The molecule has 2 rings (SSSR count). The number of aromatic amines is 1. The second-order valence-electron chi connectivity index (χ2n) is 3.42. The molecule has 6 heteroatoms. The van der Waals surface area contributed by atoms with Gasteiger partial charge >= 0.3 is 5.69 Å². The van der Waals surface area contributed by atoms with Gasteiger partial charge in [-0.15, -0.1) is 11.3 Å². The van der Waals surface area contributed by atoms with Crippen molar-refractivity contribution in [2.45, 2.75) is 19.9 Å². The molecule has 0 atom stereocenters. The Morgan fingerprint density at radius 3 is 2.88 bits per heavy atom. The first-order valence-corrected chi connectivity index (χ1v) is 5.85. The topological polar surface area (TPSA) is 75.1 Å². The van der Waals surface area contributed by atoms with Crippen molar-refractivity contribution < 1.29 is 5.11 Å².